The fourth-order valence-corrected chi connectivity index (χ4v) is 3.30. The molecule has 0 aromatic carbocycles. The van der Waals surface area contributed by atoms with Crippen LogP contribution in [0.4, 0.5) is 5.82 Å². The molecule has 1 aliphatic rings. The van der Waals surface area contributed by atoms with Crippen LogP contribution in [0.25, 0.3) is 11.4 Å². The molecule has 3 heterocycles. The molecule has 3 rings (SSSR count). The first-order valence-electron chi connectivity index (χ1n) is 9.23. The van der Waals surface area contributed by atoms with Gasteiger partial charge in [0.05, 0.1) is 12.6 Å². The maximum Gasteiger partial charge on any atom is 0.244 e. The molecule has 1 atom stereocenters. The van der Waals surface area contributed by atoms with Crippen LogP contribution in [0, 0.1) is 5.41 Å². The van der Waals surface area contributed by atoms with E-state index in [4.69, 9.17) is 9.26 Å². The molecule has 2 aromatic heterocycles. The van der Waals surface area contributed by atoms with Crippen LogP contribution in [0.2, 0.25) is 0 Å². The Labute approximate surface area is 155 Å². The zero-order valence-corrected chi connectivity index (χ0v) is 16.2. The van der Waals surface area contributed by atoms with Gasteiger partial charge >= 0.3 is 0 Å². The maximum absolute atomic E-state index is 5.59. The van der Waals surface area contributed by atoms with Crippen LogP contribution < -0.4 is 5.32 Å². The van der Waals surface area contributed by atoms with Crippen molar-refractivity contribution >= 4 is 5.82 Å². The fourth-order valence-electron chi connectivity index (χ4n) is 3.30. The van der Waals surface area contributed by atoms with Crippen molar-refractivity contribution in [1.29, 1.82) is 0 Å². The van der Waals surface area contributed by atoms with E-state index >= 15 is 0 Å². The first-order chi connectivity index (χ1) is 12.5. The van der Waals surface area contributed by atoms with E-state index in [1.165, 1.54) is 6.42 Å². The van der Waals surface area contributed by atoms with Crippen molar-refractivity contribution in [1.82, 2.24) is 20.0 Å². The number of nitrogens with one attached hydrogen (secondary N) is 1. The molecule has 1 fully saturated rings. The average molecular weight is 359 g/mol. The van der Waals surface area contributed by atoms with Crippen molar-refractivity contribution in [3.8, 4) is 11.4 Å². The largest absolute Gasteiger partial charge is 0.383 e. The fraction of sp³-hybridized carbons (Fsp3) is 0.632. The third kappa shape index (κ3) is 4.80. The van der Waals surface area contributed by atoms with Gasteiger partial charge in [0, 0.05) is 32.0 Å². The van der Waals surface area contributed by atoms with Crippen molar-refractivity contribution in [3.05, 3.63) is 24.2 Å². The number of aromatic nitrogens is 3. The highest BCUT2D eigenvalue weighted by molar-refractivity contribution is 5.55. The zero-order valence-electron chi connectivity index (χ0n) is 16.2. The van der Waals surface area contributed by atoms with Gasteiger partial charge in [-0.1, -0.05) is 25.9 Å². The summed E-state index contributed by atoms with van der Waals surface area (Å²) in [6.45, 7) is 10.3. The van der Waals surface area contributed by atoms with Gasteiger partial charge in [-0.2, -0.15) is 4.98 Å². The SMILES string of the molecule is COCCNc1ccc(-c2noc([C@@H]3CCCN3CC(C)(C)C)n2)cn1. The molecule has 1 aliphatic heterocycles. The predicted molar refractivity (Wildman–Crippen MR) is 101 cm³/mol. The van der Waals surface area contributed by atoms with Gasteiger partial charge in [0.15, 0.2) is 0 Å². The first kappa shape index (κ1) is 18.8. The molecule has 26 heavy (non-hydrogen) atoms. The molecule has 0 unspecified atom stereocenters. The Morgan fingerprint density at radius 3 is 2.88 bits per heavy atom. The molecule has 142 valence electrons. The Balaban J connectivity index is 1.67. The number of hydrogen-bond acceptors (Lipinski definition) is 7. The summed E-state index contributed by atoms with van der Waals surface area (Å²) < 4.78 is 10.6. The van der Waals surface area contributed by atoms with Crippen LogP contribution in [0.15, 0.2) is 22.9 Å². The second kappa shape index (κ2) is 8.14. The van der Waals surface area contributed by atoms with E-state index < -0.39 is 0 Å². The number of methoxy groups -OCH3 is 1. The molecule has 7 heteroatoms. The molecular formula is C19H29N5O2. The average Bonchev–Trinajstić information content (AvgIpc) is 3.23. The standard InChI is InChI=1S/C19H29N5O2/c1-19(2,3)13-24-10-5-6-15(24)18-22-17(23-26-18)14-7-8-16(21-12-14)20-9-11-25-4/h7-8,12,15H,5-6,9-11,13H2,1-4H3,(H,20,21)/t15-/m0/s1. The Kier molecular flexibility index (Phi) is 5.88. The summed E-state index contributed by atoms with van der Waals surface area (Å²) in [7, 11) is 1.68. The molecule has 1 saturated heterocycles. The van der Waals surface area contributed by atoms with Crippen LogP contribution in [-0.4, -0.2) is 53.4 Å². The zero-order chi connectivity index (χ0) is 18.6. The second-order valence-electron chi connectivity index (χ2n) is 8.00. The second-order valence-corrected chi connectivity index (χ2v) is 8.00. The lowest BCUT2D eigenvalue weighted by Crippen LogP contribution is -2.32. The summed E-state index contributed by atoms with van der Waals surface area (Å²) in [5.41, 5.74) is 1.11. The minimum absolute atomic E-state index is 0.221. The Hall–Kier alpha value is -1.99. The molecule has 0 spiro atoms. The van der Waals surface area contributed by atoms with Crippen LogP contribution in [0.1, 0.15) is 45.5 Å². The molecule has 0 bridgehead atoms. The van der Waals surface area contributed by atoms with Crippen molar-refractivity contribution in [3.63, 3.8) is 0 Å². The summed E-state index contributed by atoms with van der Waals surface area (Å²) in [5.74, 6) is 2.12. The van der Waals surface area contributed by atoms with Crippen molar-refractivity contribution in [2.45, 2.75) is 39.7 Å². The highest BCUT2D eigenvalue weighted by Gasteiger charge is 2.33. The van der Waals surface area contributed by atoms with Gasteiger partial charge in [0.25, 0.3) is 0 Å². The summed E-state index contributed by atoms with van der Waals surface area (Å²) in [5, 5.41) is 7.37. The molecule has 7 nitrogen and oxygen atoms in total. The number of hydrogen-bond donors (Lipinski definition) is 1. The van der Waals surface area contributed by atoms with E-state index in [0.717, 1.165) is 37.4 Å². The van der Waals surface area contributed by atoms with E-state index in [-0.39, 0.29) is 11.5 Å². The van der Waals surface area contributed by atoms with Crippen LogP contribution in [0.5, 0.6) is 0 Å². The van der Waals surface area contributed by atoms with E-state index in [9.17, 15) is 0 Å². The van der Waals surface area contributed by atoms with Gasteiger partial charge in [-0.3, -0.25) is 4.90 Å². The summed E-state index contributed by atoms with van der Waals surface area (Å²) in [6, 6.07) is 4.10. The lowest BCUT2D eigenvalue weighted by Gasteiger charge is -2.29. The van der Waals surface area contributed by atoms with Crippen molar-refractivity contribution in [2.24, 2.45) is 5.41 Å². The van der Waals surface area contributed by atoms with Gasteiger partial charge in [-0.15, -0.1) is 0 Å². The van der Waals surface area contributed by atoms with E-state index in [2.05, 4.69) is 46.1 Å². The quantitative estimate of drug-likeness (QED) is 0.760. The van der Waals surface area contributed by atoms with Gasteiger partial charge in [0.2, 0.25) is 11.7 Å². The predicted octanol–water partition coefficient (Wildman–Crippen LogP) is 3.37. The minimum atomic E-state index is 0.221. The number of nitrogens with zero attached hydrogens (tertiary/aromatic N) is 4. The Morgan fingerprint density at radius 1 is 1.35 bits per heavy atom. The number of rotatable bonds is 7. The molecule has 0 aliphatic carbocycles. The van der Waals surface area contributed by atoms with E-state index in [0.29, 0.717) is 18.3 Å². The van der Waals surface area contributed by atoms with E-state index in [1.807, 2.05) is 12.1 Å². The minimum Gasteiger partial charge on any atom is -0.383 e. The normalized spacial score (nSPS) is 18.4. The Morgan fingerprint density at radius 2 is 2.19 bits per heavy atom. The lowest BCUT2D eigenvalue weighted by atomic mass is 9.96. The molecule has 0 radical (unpaired) electrons. The highest BCUT2D eigenvalue weighted by atomic mass is 16.5. The molecule has 0 amide bonds. The molecule has 2 aromatic rings. The molecule has 1 N–H and O–H groups in total. The smallest absolute Gasteiger partial charge is 0.244 e. The third-order valence-electron chi connectivity index (χ3n) is 4.40. The summed E-state index contributed by atoms with van der Waals surface area (Å²) >= 11 is 0. The highest BCUT2D eigenvalue weighted by Crippen LogP contribution is 2.34. The number of ether oxygens (including phenoxy) is 1. The number of pyridine rings is 1. The van der Waals surface area contributed by atoms with Gasteiger partial charge < -0.3 is 14.6 Å². The van der Waals surface area contributed by atoms with Crippen LogP contribution >= 0.6 is 0 Å². The topological polar surface area (TPSA) is 76.3 Å². The molecule has 0 saturated carbocycles. The van der Waals surface area contributed by atoms with Gasteiger partial charge in [0.1, 0.15) is 5.82 Å². The summed E-state index contributed by atoms with van der Waals surface area (Å²) in [4.78, 5) is 11.5. The number of likely N-dealkylation sites (tertiary alicyclic amines) is 1. The maximum atomic E-state index is 5.59. The van der Waals surface area contributed by atoms with E-state index in [1.54, 1.807) is 13.3 Å². The van der Waals surface area contributed by atoms with Gasteiger partial charge in [-0.25, -0.2) is 4.98 Å². The summed E-state index contributed by atoms with van der Waals surface area (Å²) in [6.07, 6.45) is 4.01. The Bertz CT molecular complexity index is 693. The first-order valence-corrected chi connectivity index (χ1v) is 9.23. The molecular weight excluding hydrogens is 330 g/mol. The number of anilines is 1. The van der Waals surface area contributed by atoms with Crippen molar-refractivity contribution < 1.29 is 9.26 Å². The third-order valence-corrected chi connectivity index (χ3v) is 4.40. The monoisotopic (exact) mass is 359 g/mol. The van der Waals surface area contributed by atoms with Crippen LogP contribution in [0.3, 0.4) is 0 Å². The van der Waals surface area contributed by atoms with Crippen molar-refractivity contribution in [2.75, 3.05) is 38.7 Å². The van der Waals surface area contributed by atoms with Gasteiger partial charge in [-0.05, 0) is 36.9 Å². The lowest BCUT2D eigenvalue weighted by molar-refractivity contribution is 0.153. The van der Waals surface area contributed by atoms with Crippen LogP contribution in [-0.2, 0) is 4.74 Å².